The first-order chi connectivity index (χ1) is 8.25. The van der Waals surface area contributed by atoms with E-state index in [0.29, 0.717) is 6.54 Å². The van der Waals surface area contributed by atoms with Crippen molar-refractivity contribution in [2.45, 2.75) is 19.5 Å². The predicted molar refractivity (Wildman–Crippen MR) is 69.1 cm³/mol. The van der Waals surface area contributed by atoms with E-state index in [2.05, 4.69) is 15.7 Å². The van der Waals surface area contributed by atoms with Gasteiger partial charge in [-0.3, -0.25) is 9.48 Å². The first-order valence-electron chi connectivity index (χ1n) is 5.83. The SMILES string of the molecule is Cc1cnn(CCNC(=O)C2CSCCN2)c1. The van der Waals surface area contributed by atoms with Gasteiger partial charge in [-0.05, 0) is 12.5 Å². The lowest BCUT2D eigenvalue weighted by Crippen LogP contribution is -2.49. The van der Waals surface area contributed by atoms with Crippen LogP contribution in [-0.4, -0.2) is 46.3 Å². The van der Waals surface area contributed by atoms with E-state index < -0.39 is 0 Å². The molecular weight excluding hydrogens is 236 g/mol. The van der Waals surface area contributed by atoms with E-state index in [1.165, 1.54) is 0 Å². The number of nitrogens with one attached hydrogen (secondary N) is 2. The lowest BCUT2D eigenvalue weighted by Gasteiger charge is -2.22. The maximum Gasteiger partial charge on any atom is 0.238 e. The zero-order valence-electron chi connectivity index (χ0n) is 9.98. The van der Waals surface area contributed by atoms with E-state index in [4.69, 9.17) is 0 Å². The third-order valence-corrected chi connectivity index (χ3v) is 3.70. The van der Waals surface area contributed by atoms with E-state index in [-0.39, 0.29) is 11.9 Å². The van der Waals surface area contributed by atoms with Crippen molar-refractivity contribution in [2.75, 3.05) is 24.6 Å². The van der Waals surface area contributed by atoms with Crippen LogP contribution in [0.4, 0.5) is 0 Å². The van der Waals surface area contributed by atoms with Crippen molar-refractivity contribution in [3.05, 3.63) is 18.0 Å². The minimum absolute atomic E-state index is 0.0342. The van der Waals surface area contributed by atoms with Crippen molar-refractivity contribution in [2.24, 2.45) is 0 Å². The summed E-state index contributed by atoms with van der Waals surface area (Å²) in [6, 6.07) is -0.0342. The van der Waals surface area contributed by atoms with Crippen LogP contribution in [0.3, 0.4) is 0 Å². The molecule has 1 fully saturated rings. The number of nitrogens with zero attached hydrogens (tertiary/aromatic N) is 2. The molecule has 1 saturated heterocycles. The van der Waals surface area contributed by atoms with Gasteiger partial charge in [-0.2, -0.15) is 16.9 Å². The molecule has 0 aromatic carbocycles. The molecule has 2 heterocycles. The average Bonchev–Trinajstić information content (AvgIpc) is 2.76. The second-order valence-corrected chi connectivity index (χ2v) is 5.30. The monoisotopic (exact) mass is 254 g/mol. The molecule has 1 aromatic rings. The highest BCUT2D eigenvalue weighted by Crippen LogP contribution is 2.07. The van der Waals surface area contributed by atoms with Crippen molar-refractivity contribution in [1.29, 1.82) is 0 Å². The van der Waals surface area contributed by atoms with Gasteiger partial charge < -0.3 is 10.6 Å². The average molecular weight is 254 g/mol. The lowest BCUT2D eigenvalue weighted by molar-refractivity contribution is -0.122. The van der Waals surface area contributed by atoms with E-state index >= 15 is 0 Å². The third kappa shape index (κ3) is 3.74. The Labute approximate surface area is 105 Å². The fraction of sp³-hybridized carbons (Fsp3) is 0.636. The summed E-state index contributed by atoms with van der Waals surface area (Å²) in [7, 11) is 0. The largest absolute Gasteiger partial charge is 0.353 e. The summed E-state index contributed by atoms with van der Waals surface area (Å²) in [4.78, 5) is 11.8. The number of amides is 1. The van der Waals surface area contributed by atoms with Gasteiger partial charge in [0.15, 0.2) is 0 Å². The standard InChI is InChI=1S/C11H18N4OS/c1-9-6-14-15(7-9)4-2-13-11(16)10-8-17-5-3-12-10/h6-7,10,12H,2-5,8H2,1H3,(H,13,16). The topological polar surface area (TPSA) is 59.0 Å². The molecule has 1 amide bonds. The molecule has 0 spiro atoms. The Morgan fingerprint density at radius 2 is 2.65 bits per heavy atom. The van der Waals surface area contributed by atoms with Gasteiger partial charge in [0.2, 0.25) is 5.91 Å². The number of aromatic nitrogens is 2. The molecule has 1 aromatic heterocycles. The number of hydrogen-bond donors (Lipinski definition) is 2. The number of rotatable bonds is 4. The summed E-state index contributed by atoms with van der Waals surface area (Å²) in [6.45, 7) is 4.27. The quantitative estimate of drug-likeness (QED) is 0.795. The Balaban J connectivity index is 1.69. The molecular formula is C11H18N4OS. The van der Waals surface area contributed by atoms with Crippen molar-refractivity contribution in [1.82, 2.24) is 20.4 Å². The van der Waals surface area contributed by atoms with Crippen molar-refractivity contribution in [3.8, 4) is 0 Å². The summed E-state index contributed by atoms with van der Waals surface area (Å²) in [5, 5.41) is 10.3. The predicted octanol–water partition coefficient (Wildman–Crippen LogP) is 0.0127. The molecule has 0 bridgehead atoms. The fourth-order valence-electron chi connectivity index (χ4n) is 1.74. The molecule has 2 rings (SSSR count). The summed E-state index contributed by atoms with van der Waals surface area (Å²) >= 11 is 1.82. The molecule has 2 N–H and O–H groups in total. The number of carbonyl (C=O) groups is 1. The second kappa shape index (κ2) is 6.07. The van der Waals surface area contributed by atoms with Gasteiger partial charge in [0.05, 0.1) is 18.8 Å². The normalized spacial score (nSPS) is 20.2. The van der Waals surface area contributed by atoms with Crippen LogP contribution >= 0.6 is 11.8 Å². The number of thioether (sulfide) groups is 1. The van der Waals surface area contributed by atoms with Gasteiger partial charge in [-0.1, -0.05) is 0 Å². The molecule has 1 atom stereocenters. The molecule has 0 aliphatic carbocycles. The summed E-state index contributed by atoms with van der Waals surface area (Å²) in [6.07, 6.45) is 3.79. The van der Waals surface area contributed by atoms with E-state index in [0.717, 1.165) is 30.2 Å². The summed E-state index contributed by atoms with van der Waals surface area (Å²) in [5.41, 5.74) is 1.14. The van der Waals surface area contributed by atoms with Crippen molar-refractivity contribution in [3.63, 3.8) is 0 Å². The fourth-order valence-corrected chi connectivity index (χ4v) is 2.67. The minimum atomic E-state index is -0.0342. The summed E-state index contributed by atoms with van der Waals surface area (Å²) < 4.78 is 1.85. The van der Waals surface area contributed by atoms with Gasteiger partial charge in [-0.15, -0.1) is 0 Å². The smallest absolute Gasteiger partial charge is 0.238 e. The molecule has 17 heavy (non-hydrogen) atoms. The number of hydrogen-bond acceptors (Lipinski definition) is 4. The summed E-state index contributed by atoms with van der Waals surface area (Å²) in [5.74, 6) is 2.06. The molecule has 0 radical (unpaired) electrons. The van der Waals surface area contributed by atoms with Gasteiger partial charge in [0.1, 0.15) is 0 Å². The van der Waals surface area contributed by atoms with Crippen LogP contribution in [-0.2, 0) is 11.3 Å². The van der Waals surface area contributed by atoms with Crippen molar-refractivity contribution >= 4 is 17.7 Å². The van der Waals surface area contributed by atoms with Crippen LogP contribution < -0.4 is 10.6 Å². The third-order valence-electron chi connectivity index (χ3n) is 2.64. The van der Waals surface area contributed by atoms with Gasteiger partial charge >= 0.3 is 0 Å². The number of carbonyl (C=O) groups excluding carboxylic acids is 1. The van der Waals surface area contributed by atoms with Gasteiger partial charge in [0.25, 0.3) is 0 Å². The Morgan fingerprint density at radius 1 is 1.76 bits per heavy atom. The van der Waals surface area contributed by atoms with Crippen LogP contribution in [0.2, 0.25) is 0 Å². The maximum absolute atomic E-state index is 11.8. The van der Waals surface area contributed by atoms with Crippen LogP contribution in [0.25, 0.3) is 0 Å². The van der Waals surface area contributed by atoms with Gasteiger partial charge in [-0.25, -0.2) is 0 Å². The van der Waals surface area contributed by atoms with Gasteiger partial charge in [0, 0.05) is 30.8 Å². The Morgan fingerprint density at radius 3 is 3.29 bits per heavy atom. The van der Waals surface area contributed by atoms with E-state index in [1.54, 1.807) is 0 Å². The minimum Gasteiger partial charge on any atom is -0.353 e. The first kappa shape index (κ1) is 12.4. The van der Waals surface area contributed by atoms with Crippen LogP contribution in [0.1, 0.15) is 5.56 Å². The van der Waals surface area contributed by atoms with Crippen molar-refractivity contribution < 1.29 is 4.79 Å². The maximum atomic E-state index is 11.8. The lowest BCUT2D eigenvalue weighted by atomic mass is 10.3. The second-order valence-electron chi connectivity index (χ2n) is 4.15. The molecule has 94 valence electrons. The van der Waals surface area contributed by atoms with Crippen LogP contribution in [0.15, 0.2) is 12.4 Å². The zero-order chi connectivity index (χ0) is 12.1. The van der Waals surface area contributed by atoms with E-state index in [9.17, 15) is 4.79 Å². The Hall–Kier alpha value is -1.01. The highest BCUT2D eigenvalue weighted by Gasteiger charge is 2.19. The Kier molecular flexibility index (Phi) is 4.44. The molecule has 6 heteroatoms. The zero-order valence-corrected chi connectivity index (χ0v) is 10.8. The highest BCUT2D eigenvalue weighted by molar-refractivity contribution is 7.99. The van der Waals surface area contributed by atoms with Crippen LogP contribution in [0.5, 0.6) is 0 Å². The highest BCUT2D eigenvalue weighted by atomic mass is 32.2. The Bertz CT molecular complexity index is 373. The van der Waals surface area contributed by atoms with Crippen LogP contribution in [0, 0.1) is 6.92 Å². The molecule has 1 unspecified atom stereocenters. The van der Waals surface area contributed by atoms with E-state index in [1.807, 2.05) is 35.8 Å². The number of aryl methyl sites for hydroxylation is 1. The first-order valence-corrected chi connectivity index (χ1v) is 6.99. The molecule has 0 saturated carbocycles. The molecule has 1 aliphatic heterocycles. The molecule has 5 nitrogen and oxygen atoms in total. The molecule has 1 aliphatic rings.